The molecule has 1 saturated heterocycles. The van der Waals surface area contributed by atoms with Crippen LogP contribution in [0.1, 0.15) is 57.1 Å². The first-order chi connectivity index (χ1) is 11.3. The van der Waals surface area contributed by atoms with Crippen molar-refractivity contribution in [2.24, 2.45) is 5.73 Å². The van der Waals surface area contributed by atoms with E-state index in [2.05, 4.69) is 47.1 Å². The van der Waals surface area contributed by atoms with Crippen LogP contribution in [0.4, 0.5) is 0 Å². The highest BCUT2D eigenvalue weighted by Crippen LogP contribution is 2.13. The maximum Gasteiger partial charge on any atom is 0.0424 e. The molecule has 0 spiro atoms. The van der Waals surface area contributed by atoms with Crippen LogP contribution in [-0.2, 0) is 0 Å². The van der Waals surface area contributed by atoms with Gasteiger partial charge in [-0.05, 0) is 18.5 Å². The summed E-state index contributed by atoms with van der Waals surface area (Å²) in [4.78, 5) is 5.15. The molecule has 0 amide bonds. The predicted octanol–water partition coefficient (Wildman–Crippen LogP) is 3.66. The summed E-state index contributed by atoms with van der Waals surface area (Å²) in [5.74, 6) is 0. The van der Waals surface area contributed by atoms with E-state index in [-0.39, 0.29) is 6.04 Å². The molecule has 1 aliphatic heterocycles. The molecule has 2 N–H and O–H groups in total. The van der Waals surface area contributed by atoms with E-state index in [0.717, 1.165) is 19.6 Å². The smallest absolute Gasteiger partial charge is 0.0424 e. The van der Waals surface area contributed by atoms with Crippen LogP contribution >= 0.6 is 0 Å². The average molecular weight is 318 g/mol. The van der Waals surface area contributed by atoms with Crippen molar-refractivity contribution in [2.75, 3.05) is 39.3 Å². The van der Waals surface area contributed by atoms with Gasteiger partial charge >= 0.3 is 0 Å². The lowest BCUT2D eigenvalue weighted by Gasteiger charge is -2.36. The summed E-state index contributed by atoms with van der Waals surface area (Å²) >= 11 is 0. The highest BCUT2D eigenvalue weighted by Gasteiger charge is 2.18. The zero-order chi connectivity index (χ0) is 16.3. The van der Waals surface area contributed by atoms with Crippen LogP contribution in [0, 0.1) is 0 Å². The summed E-state index contributed by atoms with van der Waals surface area (Å²) in [6.45, 7) is 9.28. The van der Waals surface area contributed by atoms with Gasteiger partial charge in [0.1, 0.15) is 0 Å². The van der Waals surface area contributed by atoms with Gasteiger partial charge in [-0.25, -0.2) is 0 Å². The van der Waals surface area contributed by atoms with E-state index >= 15 is 0 Å². The van der Waals surface area contributed by atoms with Crippen LogP contribution in [-0.4, -0.2) is 49.1 Å². The third-order valence-corrected chi connectivity index (χ3v) is 4.98. The molecule has 0 aliphatic carbocycles. The number of hydrogen-bond acceptors (Lipinski definition) is 3. The summed E-state index contributed by atoms with van der Waals surface area (Å²) in [6.07, 6.45) is 8.35. The monoisotopic (exact) mass is 317 g/mol. The van der Waals surface area contributed by atoms with Crippen molar-refractivity contribution < 1.29 is 0 Å². The molecule has 1 fully saturated rings. The largest absolute Gasteiger partial charge is 0.323 e. The zero-order valence-electron chi connectivity index (χ0n) is 14.9. The number of nitrogens with two attached hydrogens (primary N) is 1. The van der Waals surface area contributed by atoms with E-state index in [1.807, 2.05) is 0 Å². The van der Waals surface area contributed by atoms with Crippen molar-refractivity contribution >= 4 is 0 Å². The normalized spacial score (nSPS) is 18.2. The topological polar surface area (TPSA) is 32.5 Å². The Labute approximate surface area is 142 Å². The maximum absolute atomic E-state index is 6.34. The van der Waals surface area contributed by atoms with Crippen molar-refractivity contribution in [3.63, 3.8) is 0 Å². The molecular formula is C20H35N3. The van der Waals surface area contributed by atoms with Gasteiger partial charge < -0.3 is 10.6 Å². The molecule has 23 heavy (non-hydrogen) atoms. The minimum atomic E-state index is 0.140. The second-order valence-electron chi connectivity index (χ2n) is 6.93. The molecule has 1 aliphatic rings. The van der Waals surface area contributed by atoms with E-state index in [1.165, 1.54) is 63.7 Å². The lowest BCUT2D eigenvalue weighted by Crippen LogP contribution is -2.48. The minimum absolute atomic E-state index is 0.140. The molecule has 0 radical (unpaired) electrons. The summed E-state index contributed by atoms with van der Waals surface area (Å²) < 4.78 is 0. The molecule has 1 aromatic rings. The number of benzene rings is 1. The Kier molecular flexibility index (Phi) is 8.66. The predicted molar refractivity (Wildman–Crippen MR) is 99.6 cm³/mol. The Morgan fingerprint density at radius 1 is 0.870 bits per heavy atom. The third-order valence-electron chi connectivity index (χ3n) is 4.98. The fourth-order valence-corrected chi connectivity index (χ4v) is 3.40. The van der Waals surface area contributed by atoms with Crippen LogP contribution in [0.15, 0.2) is 30.3 Å². The first-order valence-corrected chi connectivity index (χ1v) is 9.55. The number of piperazine rings is 1. The highest BCUT2D eigenvalue weighted by molar-refractivity contribution is 5.18. The van der Waals surface area contributed by atoms with Gasteiger partial charge in [-0.15, -0.1) is 0 Å². The van der Waals surface area contributed by atoms with Crippen molar-refractivity contribution in [1.82, 2.24) is 9.80 Å². The Balaban J connectivity index is 1.57. The molecule has 2 rings (SSSR count). The molecule has 1 atom stereocenters. The summed E-state index contributed by atoms with van der Waals surface area (Å²) in [7, 11) is 0. The zero-order valence-corrected chi connectivity index (χ0v) is 14.9. The highest BCUT2D eigenvalue weighted by atomic mass is 15.3. The molecule has 0 saturated carbocycles. The molecule has 0 bridgehead atoms. The van der Waals surface area contributed by atoms with Crippen LogP contribution in [0.2, 0.25) is 0 Å². The quantitative estimate of drug-likeness (QED) is 0.668. The molecule has 1 heterocycles. The van der Waals surface area contributed by atoms with Crippen molar-refractivity contribution in [1.29, 1.82) is 0 Å². The first kappa shape index (κ1) is 18.4. The molecular weight excluding hydrogens is 282 g/mol. The van der Waals surface area contributed by atoms with Crippen LogP contribution in [0.5, 0.6) is 0 Å². The van der Waals surface area contributed by atoms with Gasteiger partial charge in [-0.3, -0.25) is 4.90 Å². The second kappa shape index (κ2) is 10.8. The van der Waals surface area contributed by atoms with Crippen LogP contribution in [0.3, 0.4) is 0 Å². The van der Waals surface area contributed by atoms with E-state index in [1.54, 1.807) is 0 Å². The third kappa shape index (κ3) is 7.03. The average Bonchev–Trinajstić information content (AvgIpc) is 2.60. The fraction of sp³-hybridized carbons (Fsp3) is 0.700. The molecule has 1 aromatic carbocycles. The van der Waals surface area contributed by atoms with Crippen molar-refractivity contribution in [3.8, 4) is 0 Å². The lowest BCUT2D eigenvalue weighted by molar-refractivity contribution is 0.125. The molecule has 3 heteroatoms. The van der Waals surface area contributed by atoms with E-state index in [9.17, 15) is 0 Å². The van der Waals surface area contributed by atoms with Crippen molar-refractivity contribution in [3.05, 3.63) is 35.9 Å². The van der Waals surface area contributed by atoms with Gasteiger partial charge in [0.2, 0.25) is 0 Å². The summed E-state index contributed by atoms with van der Waals surface area (Å²) in [6, 6.07) is 10.6. The van der Waals surface area contributed by atoms with Gasteiger partial charge in [0.25, 0.3) is 0 Å². The Hall–Kier alpha value is -0.900. The Bertz CT molecular complexity index is 399. The Morgan fingerprint density at radius 3 is 2.17 bits per heavy atom. The fourth-order valence-electron chi connectivity index (χ4n) is 3.40. The number of rotatable bonds is 10. The molecule has 130 valence electrons. The standard InChI is InChI=1S/C20H35N3/c1-2-3-4-5-6-10-13-22-14-16-23(17-15-22)18-20(21)19-11-8-7-9-12-19/h7-9,11-12,20H,2-6,10,13-18,21H2,1H3. The number of nitrogens with zero attached hydrogens (tertiary/aromatic N) is 2. The summed E-state index contributed by atoms with van der Waals surface area (Å²) in [5.41, 5.74) is 7.60. The Morgan fingerprint density at radius 2 is 1.48 bits per heavy atom. The molecule has 0 aromatic heterocycles. The van der Waals surface area contributed by atoms with Crippen LogP contribution in [0.25, 0.3) is 0 Å². The number of hydrogen-bond donors (Lipinski definition) is 1. The van der Waals surface area contributed by atoms with Gasteiger partial charge in [0.15, 0.2) is 0 Å². The van der Waals surface area contributed by atoms with Gasteiger partial charge in [-0.2, -0.15) is 0 Å². The maximum atomic E-state index is 6.34. The number of unbranched alkanes of at least 4 members (excludes halogenated alkanes) is 5. The lowest BCUT2D eigenvalue weighted by atomic mass is 10.1. The van der Waals surface area contributed by atoms with E-state index < -0.39 is 0 Å². The van der Waals surface area contributed by atoms with Gasteiger partial charge in [0.05, 0.1) is 0 Å². The van der Waals surface area contributed by atoms with Gasteiger partial charge in [0, 0.05) is 38.8 Å². The first-order valence-electron chi connectivity index (χ1n) is 9.55. The SMILES string of the molecule is CCCCCCCCN1CCN(CC(N)c2ccccc2)CC1. The second-order valence-corrected chi connectivity index (χ2v) is 6.93. The van der Waals surface area contributed by atoms with E-state index in [0.29, 0.717) is 0 Å². The van der Waals surface area contributed by atoms with Crippen LogP contribution < -0.4 is 5.73 Å². The summed E-state index contributed by atoms with van der Waals surface area (Å²) in [5, 5.41) is 0. The van der Waals surface area contributed by atoms with E-state index in [4.69, 9.17) is 5.73 Å². The van der Waals surface area contributed by atoms with Gasteiger partial charge in [-0.1, -0.05) is 69.4 Å². The minimum Gasteiger partial charge on any atom is -0.323 e. The van der Waals surface area contributed by atoms with Crippen molar-refractivity contribution in [2.45, 2.75) is 51.5 Å². The molecule has 3 nitrogen and oxygen atoms in total. The molecule has 1 unspecified atom stereocenters.